The minimum atomic E-state index is 0.967. The molecule has 0 spiro atoms. The Morgan fingerprint density at radius 2 is 0.815 bits per heavy atom. The van der Waals surface area contributed by atoms with Crippen molar-refractivity contribution < 1.29 is 0 Å². The predicted molar refractivity (Wildman–Crippen MR) is 220 cm³/mol. The van der Waals surface area contributed by atoms with Gasteiger partial charge in [-0.3, -0.25) is 24.9 Å². The second-order valence-corrected chi connectivity index (χ2v) is 13.2. The van der Waals surface area contributed by atoms with E-state index in [9.17, 15) is 0 Å². The van der Waals surface area contributed by atoms with Crippen LogP contribution in [0.2, 0.25) is 0 Å². The molecular weight excluding hydrogens is 665 g/mol. The van der Waals surface area contributed by atoms with Crippen LogP contribution in [0.1, 0.15) is 6.92 Å². The number of benzene rings is 3. The molecule has 11 rings (SSSR count). The summed E-state index contributed by atoms with van der Waals surface area (Å²) in [7, 11) is 0. The van der Waals surface area contributed by atoms with E-state index in [1.807, 2.05) is 68.8 Å². The molecule has 0 fully saturated rings. The van der Waals surface area contributed by atoms with Crippen molar-refractivity contribution in [3.8, 4) is 28.2 Å². The van der Waals surface area contributed by atoms with Crippen LogP contribution in [0.3, 0.4) is 0 Å². The van der Waals surface area contributed by atoms with Gasteiger partial charge < -0.3 is 13.7 Å². The maximum atomic E-state index is 4.88. The van der Waals surface area contributed by atoms with Gasteiger partial charge in [0.25, 0.3) is 0 Å². The molecule has 0 amide bonds. The molecule has 0 aliphatic heterocycles. The maximum absolute atomic E-state index is 4.88. The molecule has 0 bridgehead atoms. The highest BCUT2D eigenvalue weighted by molar-refractivity contribution is 6.11. The third kappa shape index (κ3) is 4.81. The fourth-order valence-electron chi connectivity index (χ4n) is 7.82. The Morgan fingerprint density at radius 1 is 0.426 bits per heavy atom. The van der Waals surface area contributed by atoms with Crippen molar-refractivity contribution in [2.45, 2.75) is 6.92 Å². The minimum absolute atomic E-state index is 0.967. The van der Waals surface area contributed by atoms with Gasteiger partial charge in [0.15, 0.2) is 0 Å². The third-order valence-electron chi connectivity index (χ3n) is 10.1. The number of aromatic nitrogens is 8. The summed E-state index contributed by atoms with van der Waals surface area (Å²) in [4.78, 5) is 22.4. The number of hydrogen-bond donors (Lipinski definition) is 0. The van der Waals surface area contributed by atoms with E-state index in [2.05, 4.69) is 137 Å². The summed E-state index contributed by atoms with van der Waals surface area (Å²) in [5.74, 6) is 0. The van der Waals surface area contributed by atoms with Gasteiger partial charge in [-0.05, 0) is 96.9 Å². The van der Waals surface area contributed by atoms with Gasteiger partial charge in [0.05, 0.1) is 38.6 Å². The Morgan fingerprint density at radius 3 is 1.28 bits per heavy atom. The van der Waals surface area contributed by atoms with Gasteiger partial charge in [-0.25, -0.2) is 0 Å². The molecule has 0 aliphatic rings. The maximum Gasteiger partial charge on any atom is 0.0964 e. The molecule has 0 atom stereocenters. The highest BCUT2D eigenvalue weighted by atomic mass is 15.0. The zero-order valence-corrected chi connectivity index (χ0v) is 29.4. The van der Waals surface area contributed by atoms with E-state index in [0.717, 1.165) is 93.7 Å². The number of fused-ring (bicyclic) bond motifs is 9. The number of hydrogen-bond acceptors (Lipinski definition) is 5. The molecule has 54 heavy (non-hydrogen) atoms. The first-order valence-corrected chi connectivity index (χ1v) is 17.8. The Bertz CT molecular complexity index is 3080. The summed E-state index contributed by atoms with van der Waals surface area (Å²) in [6.07, 6.45) is 18.7. The van der Waals surface area contributed by atoms with Crippen LogP contribution < -0.4 is 0 Å². The molecule has 0 saturated heterocycles. The van der Waals surface area contributed by atoms with Crippen LogP contribution in [-0.2, 0) is 0 Å². The number of rotatable bonds is 4. The molecule has 0 saturated carbocycles. The van der Waals surface area contributed by atoms with Crippen LogP contribution >= 0.6 is 0 Å². The molecule has 0 unspecified atom stereocenters. The summed E-state index contributed by atoms with van der Waals surface area (Å²) in [6, 6.07) is 36.6. The van der Waals surface area contributed by atoms with Crippen LogP contribution in [0.25, 0.3) is 93.7 Å². The topological polar surface area (TPSA) is 79.2 Å². The Balaban J connectivity index is 0.00000117. The normalized spacial score (nSPS) is 11.5. The van der Waals surface area contributed by atoms with Gasteiger partial charge in [0.1, 0.15) is 0 Å². The zero-order valence-electron chi connectivity index (χ0n) is 29.4. The molecule has 0 radical (unpaired) electrons. The van der Waals surface area contributed by atoms with E-state index in [1.54, 1.807) is 6.08 Å². The van der Waals surface area contributed by atoms with Gasteiger partial charge in [-0.2, -0.15) is 0 Å². The van der Waals surface area contributed by atoms with E-state index in [0.29, 0.717) is 0 Å². The third-order valence-corrected chi connectivity index (χ3v) is 10.1. The minimum Gasteiger partial charge on any atom is -0.309 e. The average Bonchev–Trinajstić information content (AvgIpc) is 3.87. The van der Waals surface area contributed by atoms with Crippen LogP contribution in [0.15, 0.2) is 172 Å². The standard InChI is InChI=1S/C43H26N8.C3H6/c1-2-42-43(48-17-1)32-22-31(51-40-15-20-46-25-35(40)36-26-47-21-16-41(36)51)11-12-37(32)50(42)30-9-5-28(6-10-30)27-3-7-29(8-4-27)49-38-13-18-44-23-33(38)34-24-45-19-14-39(34)49;1-3-2/h1-26H;3H,1H2,2H3. The van der Waals surface area contributed by atoms with Crippen molar-refractivity contribution in [1.29, 1.82) is 0 Å². The lowest BCUT2D eigenvalue weighted by Crippen LogP contribution is -1.96. The van der Waals surface area contributed by atoms with Crippen LogP contribution in [0.4, 0.5) is 0 Å². The number of allylic oxidation sites excluding steroid dienone is 1. The molecule has 8 heterocycles. The second kappa shape index (κ2) is 12.6. The van der Waals surface area contributed by atoms with E-state index < -0.39 is 0 Å². The lowest BCUT2D eigenvalue weighted by atomic mass is 10.0. The van der Waals surface area contributed by atoms with Crippen molar-refractivity contribution >= 4 is 65.5 Å². The lowest BCUT2D eigenvalue weighted by Gasteiger charge is -2.11. The predicted octanol–water partition coefficient (Wildman–Crippen LogP) is 10.8. The fourth-order valence-corrected chi connectivity index (χ4v) is 7.82. The van der Waals surface area contributed by atoms with E-state index in [-0.39, 0.29) is 0 Å². The van der Waals surface area contributed by atoms with Gasteiger partial charge in [0.2, 0.25) is 0 Å². The average molecular weight is 697 g/mol. The summed E-state index contributed by atoms with van der Waals surface area (Å²) >= 11 is 0. The molecule has 0 N–H and O–H groups in total. The molecular formula is C46H32N8. The Hall–Kier alpha value is -7.45. The first kappa shape index (κ1) is 31.3. The first-order valence-electron chi connectivity index (χ1n) is 17.8. The molecule has 8 aromatic heterocycles. The second-order valence-electron chi connectivity index (χ2n) is 13.2. The van der Waals surface area contributed by atoms with Gasteiger partial charge in [-0.15, -0.1) is 6.58 Å². The van der Waals surface area contributed by atoms with Crippen LogP contribution in [0, 0.1) is 0 Å². The van der Waals surface area contributed by atoms with Crippen molar-refractivity contribution in [2.24, 2.45) is 0 Å². The Labute approximate surface area is 310 Å². The largest absolute Gasteiger partial charge is 0.309 e. The smallest absolute Gasteiger partial charge is 0.0964 e. The lowest BCUT2D eigenvalue weighted by molar-refractivity contribution is 1.16. The van der Waals surface area contributed by atoms with Crippen molar-refractivity contribution in [1.82, 2.24) is 38.6 Å². The van der Waals surface area contributed by atoms with Crippen molar-refractivity contribution in [3.63, 3.8) is 0 Å². The number of pyridine rings is 5. The van der Waals surface area contributed by atoms with Crippen LogP contribution in [-0.4, -0.2) is 38.6 Å². The van der Waals surface area contributed by atoms with E-state index >= 15 is 0 Å². The summed E-state index contributed by atoms with van der Waals surface area (Å²) in [5.41, 5.74) is 13.1. The molecule has 0 aliphatic carbocycles. The monoisotopic (exact) mass is 696 g/mol. The summed E-state index contributed by atoms with van der Waals surface area (Å²) in [5, 5.41) is 5.45. The fraction of sp³-hybridized carbons (Fsp3) is 0.0217. The van der Waals surface area contributed by atoms with Crippen LogP contribution in [0.5, 0.6) is 0 Å². The summed E-state index contributed by atoms with van der Waals surface area (Å²) < 4.78 is 6.87. The molecule has 8 heteroatoms. The zero-order chi connectivity index (χ0) is 36.2. The SMILES string of the molecule is C=CC.c1cnc2c3cc(-n4c5ccncc5c5cnccc54)ccc3n(-c3ccc(-c4ccc(-n5c6ccncc6c6cnccc65)cc4)cc3)c2c1. The quantitative estimate of drug-likeness (QED) is 0.171. The molecule has 256 valence electrons. The first-order chi connectivity index (χ1) is 26.7. The molecule has 3 aromatic carbocycles. The highest BCUT2D eigenvalue weighted by Crippen LogP contribution is 2.37. The van der Waals surface area contributed by atoms with Crippen molar-refractivity contribution in [2.75, 3.05) is 0 Å². The molecule has 8 nitrogen and oxygen atoms in total. The van der Waals surface area contributed by atoms with E-state index in [1.165, 1.54) is 0 Å². The van der Waals surface area contributed by atoms with E-state index in [4.69, 9.17) is 4.98 Å². The van der Waals surface area contributed by atoms with Gasteiger partial charge in [0, 0.05) is 99.8 Å². The summed E-state index contributed by atoms with van der Waals surface area (Å²) in [6.45, 7) is 5.25. The Kier molecular flexibility index (Phi) is 7.33. The number of nitrogens with zero attached hydrogens (tertiary/aromatic N) is 8. The van der Waals surface area contributed by atoms with Gasteiger partial charge in [-0.1, -0.05) is 30.3 Å². The van der Waals surface area contributed by atoms with Gasteiger partial charge >= 0.3 is 0 Å². The molecule has 11 aromatic rings. The highest BCUT2D eigenvalue weighted by Gasteiger charge is 2.18. The van der Waals surface area contributed by atoms with Crippen molar-refractivity contribution in [3.05, 3.63) is 172 Å².